The maximum atomic E-state index is 12.0. The van der Waals surface area contributed by atoms with E-state index in [-0.39, 0.29) is 12.1 Å². The highest BCUT2D eigenvalue weighted by Crippen LogP contribution is 1.97. The Balaban J connectivity index is 0.00000185. The first-order valence-corrected chi connectivity index (χ1v) is 12.8. The molecule has 0 aliphatic rings. The highest BCUT2D eigenvalue weighted by molar-refractivity contribution is 6.37. The minimum absolute atomic E-state index is 0.0800. The fourth-order valence-corrected chi connectivity index (χ4v) is 2.48. The molecule has 0 saturated heterocycles. The molecule has 214 valence electrons. The maximum absolute atomic E-state index is 12.0. The predicted molar refractivity (Wildman–Crippen MR) is 150 cm³/mol. The Morgan fingerprint density at radius 3 is 2.00 bits per heavy atom. The first-order valence-electron chi connectivity index (χ1n) is 12.8. The minimum Gasteiger partial charge on any atom is -0.347 e. The molecule has 0 bridgehead atoms. The Kier molecular flexibility index (Phi) is 17.6. The van der Waals surface area contributed by atoms with Gasteiger partial charge in [-0.15, -0.1) is 0 Å². The lowest BCUT2D eigenvalue weighted by Crippen LogP contribution is -2.49. The zero-order chi connectivity index (χ0) is 29.8. The Morgan fingerprint density at radius 2 is 1.44 bits per heavy atom. The average molecular weight is 544 g/mol. The molecule has 0 aliphatic carbocycles. The number of aromatic amines is 1. The molecule has 5 N–H and O–H groups in total. The van der Waals surface area contributed by atoms with Crippen molar-refractivity contribution in [2.75, 3.05) is 13.1 Å². The van der Waals surface area contributed by atoms with E-state index < -0.39 is 54.1 Å². The van der Waals surface area contributed by atoms with E-state index >= 15 is 0 Å². The van der Waals surface area contributed by atoms with Gasteiger partial charge in [0.15, 0.2) is 0 Å². The molecular weight excluding hydrogens is 502 g/mol. The molecule has 11 nitrogen and oxygen atoms in total. The van der Waals surface area contributed by atoms with E-state index in [1.807, 2.05) is 6.07 Å². The van der Waals surface area contributed by atoms with E-state index in [1.54, 1.807) is 24.3 Å². The topological polar surface area (TPSA) is 166 Å². The number of rotatable bonds is 10. The molecule has 1 aromatic carbocycles. The smallest absolute Gasteiger partial charge is 0.289 e. The number of amides is 4. The lowest BCUT2D eigenvalue weighted by molar-refractivity contribution is -0.138. The summed E-state index contributed by atoms with van der Waals surface area (Å²) in [5.41, 5.74) is 0.437. The van der Waals surface area contributed by atoms with Gasteiger partial charge in [0.1, 0.15) is 6.04 Å². The lowest BCUT2D eigenvalue weighted by atomic mass is 10.2. The zero-order valence-corrected chi connectivity index (χ0v) is 23.6. The van der Waals surface area contributed by atoms with Crippen LogP contribution in [0, 0.1) is 5.92 Å². The molecule has 39 heavy (non-hydrogen) atoms. The third-order valence-electron chi connectivity index (χ3n) is 4.19. The molecule has 0 fully saturated rings. The van der Waals surface area contributed by atoms with Crippen LogP contribution in [0.15, 0.2) is 53.5 Å². The van der Waals surface area contributed by atoms with Gasteiger partial charge in [0.2, 0.25) is 23.2 Å². The van der Waals surface area contributed by atoms with Gasteiger partial charge >= 0.3 is 0 Å². The summed E-state index contributed by atoms with van der Waals surface area (Å²) in [7, 11) is 0. The lowest BCUT2D eigenvalue weighted by Gasteiger charge is -2.14. The summed E-state index contributed by atoms with van der Waals surface area (Å²) < 4.78 is 0. The maximum Gasteiger partial charge on any atom is 0.289 e. The van der Waals surface area contributed by atoms with Crippen molar-refractivity contribution in [2.24, 2.45) is 5.92 Å². The fraction of sp³-hybridized carbons (Fsp3) is 0.429. The van der Waals surface area contributed by atoms with Crippen molar-refractivity contribution >= 4 is 29.4 Å². The van der Waals surface area contributed by atoms with E-state index in [4.69, 9.17) is 0 Å². The molecule has 2 rings (SSSR count). The molecule has 1 aromatic heterocycles. The first kappa shape index (κ1) is 34.7. The van der Waals surface area contributed by atoms with Crippen LogP contribution in [0.2, 0.25) is 0 Å². The molecule has 1 heterocycles. The Labute approximate surface area is 229 Å². The van der Waals surface area contributed by atoms with Gasteiger partial charge in [-0.05, 0) is 24.5 Å². The predicted octanol–water partition coefficient (Wildman–Crippen LogP) is 1.69. The summed E-state index contributed by atoms with van der Waals surface area (Å²) in [6.45, 7) is 11.4. The van der Waals surface area contributed by atoms with E-state index in [2.05, 4.69) is 60.9 Å². The minimum atomic E-state index is -1.01. The molecule has 4 amide bonds. The number of benzene rings is 1. The van der Waals surface area contributed by atoms with Crippen LogP contribution >= 0.6 is 0 Å². The molecular formula is C28H41N5O6. The Bertz CT molecular complexity index is 1110. The number of Topliss-reactive ketones (excluding diaryl/α,β-unsaturated/α-hetero) is 1. The number of pyridine rings is 1. The van der Waals surface area contributed by atoms with Gasteiger partial charge in [-0.25, -0.2) is 0 Å². The van der Waals surface area contributed by atoms with Gasteiger partial charge in [-0.3, -0.25) is 28.8 Å². The highest BCUT2D eigenvalue weighted by atomic mass is 16.2. The Morgan fingerprint density at radius 1 is 0.846 bits per heavy atom. The van der Waals surface area contributed by atoms with E-state index in [9.17, 15) is 28.8 Å². The first-order chi connectivity index (χ1) is 18.4. The SMILES string of the molecule is CC(C)C.CCC.C[C@H](NC(=O)CNC(=O)c1cc[nH]c(=O)c1)C(=O)NCC(=O)C(=O)NCc1ccccc1. The van der Waals surface area contributed by atoms with Gasteiger partial charge in [0.05, 0.1) is 13.1 Å². The summed E-state index contributed by atoms with van der Waals surface area (Å²) in [4.78, 5) is 73.1. The Hall–Kier alpha value is -4.28. The van der Waals surface area contributed by atoms with Crippen molar-refractivity contribution in [1.82, 2.24) is 26.3 Å². The second-order valence-electron chi connectivity index (χ2n) is 9.16. The number of hydrogen-bond acceptors (Lipinski definition) is 6. The monoisotopic (exact) mass is 543 g/mol. The molecule has 0 spiro atoms. The molecule has 1 atom stereocenters. The van der Waals surface area contributed by atoms with Crippen molar-refractivity contribution in [3.05, 3.63) is 70.1 Å². The summed E-state index contributed by atoms with van der Waals surface area (Å²) >= 11 is 0. The number of carbonyl (C=O) groups excluding carboxylic acids is 5. The van der Waals surface area contributed by atoms with E-state index in [0.29, 0.717) is 0 Å². The quantitative estimate of drug-likeness (QED) is 0.286. The summed E-state index contributed by atoms with van der Waals surface area (Å²) in [6.07, 6.45) is 2.55. The number of ketones is 1. The van der Waals surface area contributed by atoms with Crippen LogP contribution < -0.4 is 26.8 Å². The average Bonchev–Trinajstić information content (AvgIpc) is 2.89. The number of hydrogen-bond donors (Lipinski definition) is 5. The molecule has 0 radical (unpaired) electrons. The van der Waals surface area contributed by atoms with Crippen LogP contribution in [0.1, 0.15) is 63.9 Å². The van der Waals surface area contributed by atoms with Crippen molar-refractivity contribution in [1.29, 1.82) is 0 Å². The summed E-state index contributed by atoms with van der Waals surface area (Å²) in [5, 5.41) is 9.40. The van der Waals surface area contributed by atoms with Crippen LogP contribution in [-0.2, 0) is 25.7 Å². The van der Waals surface area contributed by atoms with Crippen molar-refractivity contribution in [3.8, 4) is 0 Å². The second-order valence-corrected chi connectivity index (χ2v) is 9.16. The van der Waals surface area contributed by atoms with Gasteiger partial charge in [0, 0.05) is 24.4 Å². The molecule has 0 saturated carbocycles. The molecule has 2 aromatic rings. The van der Waals surface area contributed by atoms with Crippen LogP contribution in [0.3, 0.4) is 0 Å². The molecule has 0 unspecified atom stereocenters. The molecule has 11 heteroatoms. The number of nitrogens with one attached hydrogen (secondary N) is 5. The third kappa shape index (κ3) is 17.0. The summed E-state index contributed by atoms with van der Waals surface area (Å²) in [5.74, 6) is -2.80. The van der Waals surface area contributed by atoms with Crippen molar-refractivity contribution < 1.29 is 24.0 Å². The van der Waals surface area contributed by atoms with E-state index in [1.165, 1.54) is 25.6 Å². The highest BCUT2D eigenvalue weighted by Gasteiger charge is 2.19. The van der Waals surface area contributed by atoms with Crippen LogP contribution in [-0.4, -0.2) is 53.5 Å². The van der Waals surface area contributed by atoms with Crippen LogP contribution in [0.5, 0.6) is 0 Å². The standard InChI is InChI=1S/C21H23N5O6.C4H10.C3H8/c1-13(26-18(29)12-25-20(31)15-7-8-22-17(28)9-15)19(30)24-11-16(27)21(32)23-10-14-5-3-2-4-6-14;1-4(2)3;1-3-2/h2-9,13H,10-12H2,1H3,(H,22,28)(H,23,32)(H,24,30)(H,25,31)(H,26,29);4H,1-3H3;3H2,1-2H3/t13-;;/m0../s1. The van der Waals surface area contributed by atoms with Crippen LogP contribution in [0.4, 0.5) is 0 Å². The van der Waals surface area contributed by atoms with Crippen molar-refractivity contribution in [3.63, 3.8) is 0 Å². The van der Waals surface area contributed by atoms with Gasteiger partial charge in [-0.2, -0.15) is 0 Å². The number of H-pyrrole nitrogens is 1. The normalized spacial score (nSPS) is 10.4. The largest absolute Gasteiger partial charge is 0.347 e. The zero-order valence-electron chi connectivity index (χ0n) is 23.6. The second kappa shape index (κ2) is 19.8. The van der Waals surface area contributed by atoms with Gasteiger partial charge in [0.25, 0.3) is 11.8 Å². The fourth-order valence-electron chi connectivity index (χ4n) is 2.48. The van der Waals surface area contributed by atoms with Crippen LogP contribution in [0.25, 0.3) is 0 Å². The summed E-state index contributed by atoms with van der Waals surface area (Å²) in [6, 6.07) is 10.4. The number of aromatic nitrogens is 1. The van der Waals surface area contributed by atoms with Gasteiger partial charge < -0.3 is 26.3 Å². The van der Waals surface area contributed by atoms with E-state index in [0.717, 1.165) is 17.5 Å². The van der Waals surface area contributed by atoms with Crippen molar-refractivity contribution in [2.45, 2.75) is 60.5 Å². The third-order valence-corrected chi connectivity index (χ3v) is 4.19. The number of carbonyl (C=O) groups is 5. The molecule has 0 aliphatic heterocycles. The van der Waals surface area contributed by atoms with Gasteiger partial charge in [-0.1, -0.05) is 71.4 Å².